The molecule has 0 heterocycles. The van der Waals surface area contributed by atoms with Gasteiger partial charge in [-0.3, -0.25) is 9.59 Å². The summed E-state index contributed by atoms with van der Waals surface area (Å²) in [5.74, 6) is 0.136. The summed E-state index contributed by atoms with van der Waals surface area (Å²) in [6.45, 7) is 0.613. The molecule has 2 aromatic carbocycles. The number of carbonyl (C=O) groups excluding carboxylic acids is 2. The van der Waals surface area contributed by atoms with Crippen LogP contribution in [0.4, 0.5) is 5.69 Å². The third kappa shape index (κ3) is 5.22. The number of nitrogens with one attached hydrogen (secondary N) is 2. The van der Waals surface area contributed by atoms with Crippen molar-refractivity contribution in [1.29, 1.82) is 0 Å². The van der Waals surface area contributed by atoms with Gasteiger partial charge in [0.15, 0.2) is 0 Å². The van der Waals surface area contributed by atoms with Gasteiger partial charge in [0.1, 0.15) is 5.75 Å². The van der Waals surface area contributed by atoms with E-state index in [4.69, 9.17) is 4.74 Å². The van der Waals surface area contributed by atoms with E-state index in [1.165, 1.54) is 18.4 Å². The van der Waals surface area contributed by atoms with E-state index in [1.807, 2.05) is 12.1 Å². The number of para-hydroxylation sites is 2. The molecule has 0 radical (unpaired) electrons. The summed E-state index contributed by atoms with van der Waals surface area (Å²) in [6.07, 6.45) is 7.96. The summed E-state index contributed by atoms with van der Waals surface area (Å²) in [5, 5.41) is 5.78. The zero-order chi connectivity index (χ0) is 19.8. The first-order chi connectivity index (χ1) is 13.7. The maximum absolute atomic E-state index is 12.6. The Hall–Kier alpha value is -3.08. The molecule has 2 amide bonds. The molecule has 0 unspecified atom stereocenters. The molecular weight excluding hydrogens is 352 g/mol. The summed E-state index contributed by atoms with van der Waals surface area (Å²) in [6, 6.07) is 13.9. The SMILES string of the molecule is COc1ccccc1NC(=O)c1cccc(C(=O)NCCC2=CCCCC2)c1. The quantitative estimate of drug-likeness (QED) is 0.694. The van der Waals surface area contributed by atoms with Gasteiger partial charge in [-0.1, -0.05) is 29.8 Å². The smallest absolute Gasteiger partial charge is 0.255 e. The summed E-state index contributed by atoms with van der Waals surface area (Å²) in [5.41, 5.74) is 2.92. The number of hydrogen-bond donors (Lipinski definition) is 2. The largest absolute Gasteiger partial charge is 0.495 e. The normalized spacial score (nSPS) is 13.4. The minimum Gasteiger partial charge on any atom is -0.495 e. The van der Waals surface area contributed by atoms with Gasteiger partial charge >= 0.3 is 0 Å². The molecule has 0 atom stereocenters. The Kier molecular flexibility index (Phi) is 6.84. The lowest BCUT2D eigenvalue weighted by atomic mass is 9.97. The molecule has 0 aromatic heterocycles. The summed E-state index contributed by atoms with van der Waals surface area (Å²) in [4.78, 5) is 25.0. The average molecular weight is 378 g/mol. The number of hydrogen-bond acceptors (Lipinski definition) is 3. The summed E-state index contributed by atoms with van der Waals surface area (Å²) in [7, 11) is 1.55. The molecule has 0 saturated heterocycles. The Balaban J connectivity index is 1.60. The van der Waals surface area contributed by atoms with Crippen molar-refractivity contribution in [1.82, 2.24) is 5.32 Å². The molecule has 2 N–H and O–H groups in total. The number of anilines is 1. The summed E-state index contributed by atoms with van der Waals surface area (Å²) < 4.78 is 5.25. The molecule has 0 aliphatic heterocycles. The Labute approximate surface area is 165 Å². The van der Waals surface area contributed by atoms with Gasteiger partial charge in [-0.2, -0.15) is 0 Å². The van der Waals surface area contributed by atoms with Crippen LogP contribution < -0.4 is 15.4 Å². The molecule has 146 valence electrons. The van der Waals surface area contributed by atoms with Crippen LogP contribution in [0, 0.1) is 0 Å². The third-order valence-electron chi connectivity index (χ3n) is 4.86. The van der Waals surface area contributed by atoms with Crippen LogP contribution in [0.2, 0.25) is 0 Å². The number of amides is 2. The standard InChI is InChI=1S/C23H26N2O3/c1-28-21-13-6-5-12-20(21)25-23(27)19-11-7-10-18(16-19)22(26)24-15-14-17-8-3-2-4-9-17/h5-8,10-13,16H,2-4,9,14-15H2,1H3,(H,24,26)(H,25,27). The van der Waals surface area contributed by atoms with Crippen LogP contribution in [0.1, 0.15) is 52.8 Å². The second kappa shape index (κ2) is 9.74. The van der Waals surface area contributed by atoms with Crippen LogP contribution in [0.25, 0.3) is 0 Å². The van der Waals surface area contributed by atoms with Crippen molar-refractivity contribution >= 4 is 17.5 Å². The highest BCUT2D eigenvalue weighted by molar-refractivity contribution is 6.06. The van der Waals surface area contributed by atoms with E-state index >= 15 is 0 Å². The fourth-order valence-electron chi connectivity index (χ4n) is 3.31. The van der Waals surface area contributed by atoms with Crippen molar-refractivity contribution < 1.29 is 14.3 Å². The second-order valence-corrected chi connectivity index (χ2v) is 6.85. The molecule has 0 fully saturated rings. The fourth-order valence-corrected chi connectivity index (χ4v) is 3.31. The Bertz CT molecular complexity index is 874. The van der Waals surface area contributed by atoms with E-state index in [2.05, 4.69) is 16.7 Å². The third-order valence-corrected chi connectivity index (χ3v) is 4.86. The highest BCUT2D eigenvalue weighted by Gasteiger charge is 2.13. The van der Waals surface area contributed by atoms with E-state index in [1.54, 1.807) is 43.5 Å². The number of allylic oxidation sites excluding steroid dienone is 1. The molecule has 2 aromatic rings. The van der Waals surface area contributed by atoms with E-state index in [0.717, 1.165) is 19.3 Å². The lowest BCUT2D eigenvalue weighted by Gasteiger charge is -2.13. The van der Waals surface area contributed by atoms with Crippen molar-refractivity contribution in [2.75, 3.05) is 19.0 Å². The molecule has 1 aliphatic carbocycles. The maximum atomic E-state index is 12.6. The number of rotatable bonds is 7. The zero-order valence-corrected chi connectivity index (χ0v) is 16.2. The number of ether oxygens (including phenoxy) is 1. The Morgan fingerprint density at radius 3 is 2.54 bits per heavy atom. The van der Waals surface area contributed by atoms with Crippen molar-refractivity contribution in [2.24, 2.45) is 0 Å². The van der Waals surface area contributed by atoms with Crippen LogP contribution >= 0.6 is 0 Å². The van der Waals surface area contributed by atoms with Crippen LogP contribution in [0.15, 0.2) is 60.2 Å². The molecule has 0 bridgehead atoms. The van der Waals surface area contributed by atoms with Crippen LogP contribution in [-0.2, 0) is 0 Å². The van der Waals surface area contributed by atoms with E-state index in [0.29, 0.717) is 29.1 Å². The highest BCUT2D eigenvalue weighted by atomic mass is 16.5. The first-order valence-electron chi connectivity index (χ1n) is 9.68. The molecule has 0 spiro atoms. The van der Waals surface area contributed by atoms with Gasteiger partial charge in [-0.15, -0.1) is 0 Å². The molecule has 5 heteroatoms. The van der Waals surface area contributed by atoms with Gasteiger partial charge in [0.2, 0.25) is 0 Å². The first-order valence-corrected chi connectivity index (χ1v) is 9.68. The lowest BCUT2D eigenvalue weighted by Crippen LogP contribution is -2.25. The molecule has 3 rings (SSSR count). The van der Waals surface area contributed by atoms with Crippen LogP contribution in [0.5, 0.6) is 5.75 Å². The molecular formula is C23H26N2O3. The monoisotopic (exact) mass is 378 g/mol. The van der Waals surface area contributed by atoms with E-state index in [9.17, 15) is 9.59 Å². The van der Waals surface area contributed by atoms with Crippen molar-refractivity contribution in [3.63, 3.8) is 0 Å². The number of benzene rings is 2. The Morgan fingerprint density at radius 1 is 1.00 bits per heavy atom. The number of methoxy groups -OCH3 is 1. The van der Waals surface area contributed by atoms with Gasteiger partial charge < -0.3 is 15.4 Å². The van der Waals surface area contributed by atoms with Crippen molar-refractivity contribution in [3.05, 3.63) is 71.3 Å². The first kappa shape index (κ1) is 19.7. The van der Waals surface area contributed by atoms with E-state index < -0.39 is 0 Å². The van der Waals surface area contributed by atoms with Gasteiger partial charge in [0.05, 0.1) is 12.8 Å². The number of carbonyl (C=O) groups is 2. The molecule has 28 heavy (non-hydrogen) atoms. The predicted octanol–water partition coefficient (Wildman–Crippen LogP) is 4.57. The van der Waals surface area contributed by atoms with Gasteiger partial charge in [0, 0.05) is 17.7 Å². The predicted molar refractivity (Wildman–Crippen MR) is 111 cm³/mol. The average Bonchev–Trinajstić information content (AvgIpc) is 2.75. The van der Waals surface area contributed by atoms with Gasteiger partial charge in [-0.25, -0.2) is 0 Å². The van der Waals surface area contributed by atoms with Crippen LogP contribution in [-0.4, -0.2) is 25.5 Å². The topological polar surface area (TPSA) is 67.4 Å². The van der Waals surface area contributed by atoms with Crippen molar-refractivity contribution in [3.8, 4) is 5.75 Å². The minimum atomic E-state index is -0.286. The Morgan fingerprint density at radius 2 is 1.79 bits per heavy atom. The maximum Gasteiger partial charge on any atom is 0.255 e. The molecule has 0 saturated carbocycles. The van der Waals surface area contributed by atoms with Gasteiger partial charge in [0.25, 0.3) is 11.8 Å². The van der Waals surface area contributed by atoms with Gasteiger partial charge in [-0.05, 0) is 62.4 Å². The zero-order valence-electron chi connectivity index (χ0n) is 16.2. The lowest BCUT2D eigenvalue weighted by molar-refractivity contribution is 0.0954. The van der Waals surface area contributed by atoms with Crippen LogP contribution in [0.3, 0.4) is 0 Å². The second-order valence-electron chi connectivity index (χ2n) is 6.85. The van der Waals surface area contributed by atoms with E-state index in [-0.39, 0.29) is 11.8 Å². The highest BCUT2D eigenvalue weighted by Crippen LogP contribution is 2.24. The summed E-state index contributed by atoms with van der Waals surface area (Å²) >= 11 is 0. The minimum absolute atomic E-state index is 0.164. The molecule has 1 aliphatic rings. The van der Waals surface area contributed by atoms with Crippen molar-refractivity contribution in [2.45, 2.75) is 32.1 Å². The molecule has 5 nitrogen and oxygen atoms in total. The fraction of sp³-hybridized carbons (Fsp3) is 0.304.